The van der Waals surface area contributed by atoms with Gasteiger partial charge >= 0.3 is 0 Å². The van der Waals surface area contributed by atoms with Crippen LogP contribution in [0, 0.1) is 10.8 Å². The molecule has 0 fully saturated rings. The van der Waals surface area contributed by atoms with Crippen molar-refractivity contribution in [2.24, 2.45) is 10.8 Å². The molecule has 8 heterocycles. The van der Waals surface area contributed by atoms with E-state index in [0.717, 1.165) is 46.0 Å². The molecule has 4 aliphatic rings. The fraction of sp³-hybridized carbons (Fsp3) is 0.500. The Morgan fingerprint density at radius 3 is 1.07 bits per heavy atom. The molecule has 0 aromatic carbocycles. The lowest BCUT2D eigenvalue weighted by molar-refractivity contribution is 0.139. The molecule has 4 aromatic rings. The van der Waals surface area contributed by atoms with Crippen molar-refractivity contribution in [3.05, 3.63) is 0 Å². The summed E-state index contributed by atoms with van der Waals surface area (Å²) < 4.78 is 28.6. The second kappa shape index (κ2) is 13.0. The van der Waals surface area contributed by atoms with Crippen LogP contribution in [0.25, 0.3) is 29.3 Å². The molecule has 4 nitrogen and oxygen atoms in total. The number of hydrogen-bond acceptors (Lipinski definition) is 14. The first-order valence-corrected chi connectivity index (χ1v) is 24.6. The van der Waals surface area contributed by atoms with E-state index in [1.54, 1.807) is 23.5 Å². The van der Waals surface area contributed by atoms with Gasteiger partial charge in [0, 0.05) is 53.4 Å². The van der Waals surface area contributed by atoms with E-state index < -0.39 is 0 Å². The van der Waals surface area contributed by atoms with Crippen LogP contribution in [0.4, 0.5) is 0 Å². The third-order valence-corrected chi connectivity index (χ3v) is 20.9. The van der Waals surface area contributed by atoms with Crippen molar-refractivity contribution < 1.29 is 18.9 Å². The molecular formula is C32H34O4S10. The first kappa shape index (κ1) is 33.3. The highest BCUT2D eigenvalue weighted by Gasteiger charge is 2.38. The lowest BCUT2D eigenvalue weighted by Crippen LogP contribution is -2.26. The first-order chi connectivity index (χ1) is 22.2. The zero-order valence-corrected chi connectivity index (χ0v) is 34.5. The normalized spacial score (nSPS) is 19.7. The summed E-state index contributed by atoms with van der Waals surface area (Å²) in [6, 6.07) is 0. The van der Waals surface area contributed by atoms with Crippen molar-refractivity contribution in [1.29, 1.82) is 0 Å². The number of rotatable bonds is 5. The van der Waals surface area contributed by atoms with Crippen LogP contribution in [-0.2, 0) is 0 Å². The van der Waals surface area contributed by atoms with E-state index in [-0.39, 0.29) is 10.8 Å². The third kappa shape index (κ3) is 5.87. The Kier molecular flexibility index (Phi) is 9.41. The predicted molar refractivity (Wildman–Crippen MR) is 210 cm³/mol. The molecule has 4 aliphatic heterocycles. The van der Waals surface area contributed by atoms with Crippen molar-refractivity contribution in [2.75, 3.05) is 62.0 Å². The highest BCUT2D eigenvalue weighted by Crippen LogP contribution is 2.65. The van der Waals surface area contributed by atoms with E-state index in [9.17, 15) is 0 Å². The molecule has 14 heteroatoms. The van der Waals surface area contributed by atoms with Crippen molar-refractivity contribution in [2.45, 2.75) is 55.7 Å². The van der Waals surface area contributed by atoms with Gasteiger partial charge in [-0.3, -0.25) is 0 Å². The van der Waals surface area contributed by atoms with E-state index in [1.165, 1.54) is 57.3 Å². The van der Waals surface area contributed by atoms with Crippen LogP contribution in [0.15, 0.2) is 28.0 Å². The van der Waals surface area contributed by atoms with Gasteiger partial charge in [-0.2, -0.15) is 0 Å². The van der Waals surface area contributed by atoms with Gasteiger partial charge in [-0.1, -0.05) is 27.7 Å². The lowest BCUT2D eigenvalue weighted by atomic mass is 9.97. The number of ether oxygens (including phenoxy) is 4. The Balaban J connectivity index is 1.29. The Hall–Kier alpha value is 0.1000. The van der Waals surface area contributed by atoms with E-state index >= 15 is 0 Å². The fourth-order valence-electron chi connectivity index (χ4n) is 5.49. The minimum Gasteiger partial charge on any atom is -0.487 e. The third-order valence-electron chi connectivity index (χ3n) is 7.80. The Morgan fingerprint density at radius 2 is 0.739 bits per heavy atom. The van der Waals surface area contributed by atoms with Gasteiger partial charge in [0.1, 0.15) is 8.42 Å². The standard InChI is InChI=1S/C32H34O4S10/c1-31(2)11-33-15-17(35-13-31)29(37-5)45-19(15)25-21-23(41-9-7-39-21)27(43-25)28-24-22(40-8-10-42-24)26(44-28)20-16-18(30(38-6)46-20)36-14-32(3,4)12-34-16/h7-14H2,1-6H3. The second-order valence-corrected chi connectivity index (χ2v) is 23.5. The van der Waals surface area contributed by atoms with Gasteiger partial charge in [-0.15, -0.1) is 116 Å². The molecule has 0 radical (unpaired) electrons. The van der Waals surface area contributed by atoms with Gasteiger partial charge in [0.15, 0.2) is 23.0 Å². The van der Waals surface area contributed by atoms with Gasteiger partial charge in [0.25, 0.3) is 0 Å². The summed E-state index contributed by atoms with van der Waals surface area (Å²) in [5.41, 5.74) is -0.0630. The molecule has 0 unspecified atom stereocenters. The summed E-state index contributed by atoms with van der Waals surface area (Å²) in [6.07, 6.45) is 4.29. The van der Waals surface area contributed by atoms with Crippen LogP contribution in [0.2, 0.25) is 0 Å². The van der Waals surface area contributed by atoms with Crippen LogP contribution < -0.4 is 18.9 Å². The van der Waals surface area contributed by atoms with Crippen molar-refractivity contribution >= 4 is 116 Å². The topological polar surface area (TPSA) is 36.9 Å². The van der Waals surface area contributed by atoms with Gasteiger partial charge in [-0.25, -0.2) is 0 Å². The highest BCUT2D eigenvalue weighted by molar-refractivity contribution is 8.06. The number of fused-ring (bicyclic) bond motifs is 4. The minimum atomic E-state index is -0.0315. The maximum atomic E-state index is 6.61. The quantitative estimate of drug-likeness (QED) is 0.182. The molecule has 4 aromatic heterocycles. The fourth-order valence-corrected chi connectivity index (χ4v) is 18.2. The van der Waals surface area contributed by atoms with Crippen molar-refractivity contribution in [3.63, 3.8) is 0 Å². The second-order valence-electron chi connectivity index (χ2n) is 12.9. The minimum absolute atomic E-state index is 0.0315. The van der Waals surface area contributed by atoms with Crippen LogP contribution in [0.5, 0.6) is 23.0 Å². The van der Waals surface area contributed by atoms with Crippen LogP contribution >= 0.6 is 116 Å². The van der Waals surface area contributed by atoms with E-state index in [1.807, 2.05) is 92.4 Å². The van der Waals surface area contributed by atoms with Gasteiger partial charge in [-0.05, 0) is 12.5 Å². The van der Waals surface area contributed by atoms with Crippen LogP contribution in [0.3, 0.4) is 0 Å². The molecular weight excluding hydrogens is 769 g/mol. The smallest absolute Gasteiger partial charge is 0.186 e. The molecule has 46 heavy (non-hydrogen) atoms. The molecule has 0 bridgehead atoms. The number of hydrogen-bond donors (Lipinski definition) is 0. The molecule has 0 atom stereocenters. The van der Waals surface area contributed by atoms with E-state index in [2.05, 4.69) is 40.2 Å². The zero-order chi connectivity index (χ0) is 31.8. The monoisotopic (exact) mass is 802 g/mol. The van der Waals surface area contributed by atoms with Crippen LogP contribution in [0.1, 0.15) is 27.7 Å². The highest BCUT2D eigenvalue weighted by atomic mass is 32.2. The average molecular weight is 803 g/mol. The summed E-state index contributed by atoms with van der Waals surface area (Å²) in [7, 11) is 0. The molecule has 8 rings (SSSR count). The lowest BCUT2D eigenvalue weighted by Gasteiger charge is -2.20. The molecule has 0 amide bonds. The van der Waals surface area contributed by atoms with Crippen LogP contribution in [-0.4, -0.2) is 62.0 Å². The molecule has 0 saturated carbocycles. The predicted octanol–water partition coefficient (Wildman–Crippen LogP) is 12.4. The zero-order valence-electron chi connectivity index (χ0n) is 26.4. The summed E-state index contributed by atoms with van der Waals surface area (Å²) in [4.78, 5) is 13.7. The van der Waals surface area contributed by atoms with Gasteiger partial charge in [0.2, 0.25) is 0 Å². The van der Waals surface area contributed by atoms with Crippen molar-refractivity contribution in [1.82, 2.24) is 0 Å². The summed E-state index contributed by atoms with van der Waals surface area (Å²) in [6.45, 7) is 11.5. The SMILES string of the molecule is CSc1sc(-c2sc(-c3sc(-c4sc(SC)c5c4OCC(C)(C)CO5)c4c3SCCS4)c3c2SCCS3)c2c1OCC(C)(C)CO2. The van der Waals surface area contributed by atoms with E-state index in [4.69, 9.17) is 18.9 Å². The molecule has 0 N–H and O–H groups in total. The number of thiophene rings is 4. The molecule has 0 aliphatic carbocycles. The molecule has 0 spiro atoms. The Bertz CT molecular complexity index is 1680. The maximum absolute atomic E-state index is 6.61. The largest absolute Gasteiger partial charge is 0.487 e. The maximum Gasteiger partial charge on any atom is 0.186 e. The van der Waals surface area contributed by atoms with Crippen molar-refractivity contribution in [3.8, 4) is 52.3 Å². The van der Waals surface area contributed by atoms with E-state index in [0.29, 0.717) is 26.4 Å². The number of thioether (sulfide) groups is 6. The van der Waals surface area contributed by atoms with Gasteiger partial charge < -0.3 is 18.9 Å². The summed E-state index contributed by atoms with van der Waals surface area (Å²) in [5.74, 6) is 8.27. The Labute approximate surface area is 312 Å². The molecule has 246 valence electrons. The van der Waals surface area contributed by atoms with Gasteiger partial charge in [0.05, 0.1) is 55.7 Å². The Morgan fingerprint density at radius 1 is 0.435 bits per heavy atom. The molecule has 0 saturated heterocycles. The summed E-state index contributed by atoms with van der Waals surface area (Å²) >= 11 is 19.2. The first-order valence-electron chi connectivity index (χ1n) is 15.0. The summed E-state index contributed by atoms with van der Waals surface area (Å²) in [5, 5.41) is 0. The average Bonchev–Trinajstić information content (AvgIpc) is 3.75.